The van der Waals surface area contributed by atoms with Crippen LogP contribution in [0.4, 0.5) is 13.2 Å². The minimum Gasteiger partial charge on any atom is -0.494 e. The first-order valence-electron chi connectivity index (χ1n) is 7.71. The van der Waals surface area contributed by atoms with Crippen LogP contribution in [-0.2, 0) is 6.18 Å². The van der Waals surface area contributed by atoms with Crippen LogP contribution in [0.5, 0.6) is 11.5 Å². The van der Waals surface area contributed by atoms with Gasteiger partial charge in [-0.15, -0.1) is 0 Å². The highest BCUT2D eigenvalue weighted by molar-refractivity contribution is 5.94. The molecule has 0 saturated carbocycles. The normalized spacial score (nSPS) is 11.0. The van der Waals surface area contributed by atoms with Gasteiger partial charge in [-0.2, -0.15) is 13.2 Å². The molecule has 25 heavy (non-hydrogen) atoms. The van der Waals surface area contributed by atoms with Crippen molar-refractivity contribution in [2.24, 2.45) is 0 Å². The quantitative estimate of drug-likeness (QED) is 0.768. The third-order valence-electron chi connectivity index (χ3n) is 3.27. The summed E-state index contributed by atoms with van der Waals surface area (Å²) >= 11 is 0. The van der Waals surface area contributed by atoms with Crippen molar-refractivity contribution in [1.29, 1.82) is 0 Å². The van der Waals surface area contributed by atoms with Gasteiger partial charge in [-0.05, 0) is 55.5 Å². The highest BCUT2D eigenvalue weighted by atomic mass is 19.4. The van der Waals surface area contributed by atoms with E-state index in [0.717, 1.165) is 30.0 Å². The van der Waals surface area contributed by atoms with E-state index in [1.54, 1.807) is 24.3 Å². The van der Waals surface area contributed by atoms with E-state index in [2.05, 4.69) is 5.32 Å². The molecule has 0 heterocycles. The maximum Gasteiger partial charge on any atom is 0.416 e. The number of rotatable bonds is 7. The first-order chi connectivity index (χ1) is 11.9. The predicted molar refractivity (Wildman–Crippen MR) is 86.9 cm³/mol. The molecule has 1 amide bonds. The van der Waals surface area contributed by atoms with E-state index in [4.69, 9.17) is 9.47 Å². The number of carbonyl (C=O) groups is 1. The standard InChI is InChI=1S/C18H18F3NO3/c1-2-24-15-7-9-16(10-8-15)25-12-11-22-17(23)13-3-5-14(6-4-13)18(19,20)21/h3-10H,2,11-12H2,1H3,(H,22,23). The Morgan fingerprint density at radius 3 is 2.04 bits per heavy atom. The monoisotopic (exact) mass is 353 g/mol. The number of amides is 1. The molecule has 0 bridgehead atoms. The number of hydrogen-bond acceptors (Lipinski definition) is 3. The molecule has 0 radical (unpaired) electrons. The molecule has 4 nitrogen and oxygen atoms in total. The largest absolute Gasteiger partial charge is 0.494 e. The maximum absolute atomic E-state index is 12.5. The average Bonchev–Trinajstić information content (AvgIpc) is 2.59. The molecule has 0 atom stereocenters. The van der Waals surface area contributed by atoms with Gasteiger partial charge in [0.05, 0.1) is 18.7 Å². The summed E-state index contributed by atoms with van der Waals surface area (Å²) in [5.74, 6) is 0.918. The molecule has 0 spiro atoms. The van der Waals surface area contributed by atoms with Crippen molar-refractivity contribution < 1.29 is 27.4 Å². The molecule has 2 aromatic rings. The second-order valence-corrected chi connectivity index (χ2v) is 5.08. The number of ether oxygens (including phenoxy) is 2. The van der Waals surface area contributed by atoms with Crippen LogP contribution in [-0.4, -0.2) is 25.7 Å². The van der Waals surface area contributed by atoms with Crippen molar-refractivity contribution in [2.45, 2.75) is 13.1 Å². The Bertz CT molecular complexity index is 682. The zero-order valence-corrected chi connectivity index (χ0v) is 13.6. The Morgan fingerprint density at radius 2 is 1.52 bits per heavy atom. The van der Waals surface area contributed by atoms with Gasteiger partial charge in [-0.25, -0.2) is 0 Å². The fourth-order valence-corrected chi connectivity index (χ4v) is 2.04. The van der Waals surface area contributed by atoms with Crippen LogP contribution < -0.4 is 14.8 Å². The third-order valence-corrected chi connectivity index (χ3v) is 3.27. The van der Waals surface area contributed by atoms with Gasteiger partial charge in [0.2, 0.25) is 0 Å². The molecule has 0 aliphatic rings. The van der Waals surface area contributed by atoms with Crippen molar-refractivity contribution in [3.63, 3.8) is 0 Å². The second-order valence-electron chi connectivity index (χ2n) is 5.08. The number of benzene rings is 2. The number of hydrogen-bond donors (Lipinski definition) is 1. The van der Waals surface area contributed by atoms with Gasteiger partial charge in [-0.1, -0.05) is 0 Å². The Labute approximate surface area is 143 Å². The van der Waals surface area contributed by atoms with E-state index in [1.165, 1.54) is 0 Å². The summed E-state index contributed by atoms with van der Waals surface area (Å²) in [6.07, 6.45) is -4.42. The van der Waals surface area contributed by atoms with E-state index < -0.39 is 17.6 Å². The summed E-state index contributed by atoms with van der Waals surface area (Å²) in [5, 5.41) is 2.59. The zero-order valence-electron chi connectivity index (χ0n) is 13.6. The lowest BCUT2D eigenvalue weighted by Gasteiger charge is -2.10. The number of carbonyl (C=O) groups excluding carboxylic acids is 1. The van der Waals surface area contributed by atoms with Gasteiger partial charge in [0.25, 0.3) is 5.91 Å². The molecule has 2 aromatic carbocycles. The predicted octanol–water partition coefficient (Wildman–Crippen LogP) is 3.91. The van der Waals surface area contributed by atoms with Gasteiger partial charge < -0.3 is 14.8 Å². The maximum atomic E-state index is 12.5. The molecular formula is C18H18F3NO3. The van der Waals surface area contributed by atoms with Gasteiger partial charge in [0.1, 0.15) is 18.1 Å². The van der Waals surface area contributed by atoms with Gasteiger partial charge in [0, 0.05) is 5.56 Å². The fraction of sp³-hybridized carbons (Fsp3) is 0.278. The van der Waals surface area contributed by atoms with Crippen LogP contribution in [0.25, 0.3) is 0 Å². The first kappa shape index (κ1) is 18.6. The van der Waals surface area contributed by atoms with E-state index in [1.807, 2.05) is 6.92 Å². The average molecular weight is 353 g/mol. The Kier molecular flexibility index (Phi) is 6.27. The van der Waals surface area contributed by atoms with Crippen LogP contribution in [0.15, 0.2) is 48.5 Å². The van der Waals surface area contributed by atoms with Crippen LogP contribution >= 0.6 is 0 Å². The van der Waals surface area contributed by atoms with Gasteiger partial charge in [-0.3, -0.25) is 4.79 Å². The number of halogens is 3. The molecule has 7 heteroatoms. The molecule has 0 saturated heterocycles. The SMILES string of the molecule is CCOc1ccc(OCCNC(=O)c2ccc(C(F)(F)F)cc2)cc1. The van der Waals surface area contributed by atoms with Crippen LogP contribution in [0.2, 0.25) is 0 Å². The molecule has 0 fully saturated rings. The lowest BCUT2D eigenvalue weighted by Crippen LogP contribution is -2.28. The topological polar surface area (TPSA) is 47.6 Å². The fourth-order valence-electron chi connectivity index (χ4n) is 2.04. The highest BCUT2D eigenvalue weighted by Gasteiger charge is 2.30. The summed E-state index contributed by atoms with van der Waals surface area (Å²) in [4.78, 5) is 11.9. The van der Waals surface area contributed by atoms with Crippen LogP contribution in [0, 0.1) is 0 Å². The number of nitrogens with one attached hydrogen (secondary N) is 1. The first-order valence-corrected chi connectivity index (χ1v) is 7.71. The lowest BCUT2D eigenvalue weighted by molar-refractivity contribution is -0.137. The van der Waals surface area contributed by atoms with Gasteiger partial charge in [0.15, 0.2) is 0 Å². The number of alkyl halides is 3. The third kappa shape index (κ3) is 5.70. The van der Waals surface area contributed by atoms with Crippen molar-refractivity contribution in [3.8, 4) is 11.5 Å². The molecule has 1 N–H and O–H groups in total. The summed E-state index contributed by atoms with van der Waals surface area (Å²) in [5.41, 5.74) is -0.628. The molecular weight excluding hydrogens is 335 g/mol. The van der Waals surface area contributed by atoms with E-state index in [-0.39, 0.29) is 18.7 Å². The molecule has 2 rings (SSSR count). The van der Waals surface area contributed by atoms with E-state index in [9.17, 15) is 18.0 Å². The smallest absolute Gasteiger partial charge is 0.416 e. The van der Waals surface area contributed by atoms with E-state index >= 15 is 0 Å². The Hall–Kier alpha value is -2.70. The summed E-state index contributed by atoms with van der Waals surface area (Å²) < 4.78 is 48.2. The molecule has 0 aliphatic carbocycles. The second kappa shape index (κ2) is 8.41. The van der Waals surface area contributed by atoms with Crippen molar-refractivity contribution in [1.82, 2.24) is 5.32 Å². The molecule has 0 aromatic heterocycles. The summed E-state index contributed by atoms with van der Waals surface area (Å²) in [6.45, 7) is 2.94. The zero-order chi connectivity index (χ0) is 18.3. The minimum atomic E-state index is -4.42. The highest BCUT2D eigenvalue weighted by Crippen LogP contribution is 2.29. The van der Waals surface area contributed by atoms with Gasteiger partial charge >= 0.3 is 6.18 Å². The van der Waals surface area contributed by atoms with Crippen molar-refractivity contribution >= 4 is 5.91 Å². The van der Waals surface area contributed by atoms with E-state index in [0.29, 0.717) is 12.4 Å². The summed E-state index contributed by atoms with van der Waals surface area (Å²) in [6, 6.07) is 11.1. The van der Waals surface area contributed by atoms with Crippen molar-refractivity contribution in [2.75, 3.05) is 19.8 Å². The van der Waals surface area contributed by atoms with Crippen LogP contribution in [0.1, 0.15) is 22.8 Å². The molecule has 134 valence electrons. The minimum absolute atomic E-state index is 0.161. The Morgan fingerprint density at radius 1 is 0.960 bits per heavy atom. The molecule has 0 unspecified atom stereocenters. The summed E-state index contributed by atoms with van der Waals surface area (Å²) in [7, 11) is 0. The van der Waals surface area contributed by atoms with Crippen LogP contribution in [0.3, 0.4) is 0 Å². The van der Waals surface area contributed by atoms with Crippen molar-refractivity contribution in [3.05, 3.63) is 59.7 Å². The lowest BCUT2D eigenvalue weighted by atomic mass is 10.1. The Balaban J connectivity index is 1.76. The molecule has 0 aliphatic heterocycles.